The third-order valence-electron chi connectivity index (χ3n) is 6.25. The zero-order valence-electron chi connectivity index (χ0n) is 19.5. The van der Waals surface area contributed by atoms with Crippen LogP contribution in [-0.4, -0.2) is 61.3 Å². The van der Waals surface area contributed by atoms with E-state index in [0.717, 1.165) is 57.7 Å². The first-order valence-electron chi connectivity index (χ1n) is 11.5. The van der Waals surface area contributed by atoms with Gasteiger partial charge in [-0.25, -0.2) is 0 Å². The molecule has 1 N–H and O–H groups in total. The highest BCUT2D eigenvalue weighted by Gasteiger charge is 2.21. The number of ether oxygens (including phenoxy) is 1. The number of hydrogen-bond donors (Lipinski definition) is 1. The van der Waals surface area contributed by atoms with E-state index in [1.165, 1.54) is 24.0 Å². The van der Waals surface area contributed by atoms with Crippen molar-refractivity contribution in [1.82, 2.24) is 9.80 Å². The molecule has 6 heteroatoms. The first-order chi connectivity index (χ1) is 14.7. The van der Waals surface area contributed by atoms with Crippen LogP contribution in [0.25, 0.3) is 0 Å². The van der Waals surface area contributed by atoms with Gasteiger partial charge in [-0.2, -0.15) is 0 Å². The molecule has 2 aromatic carbocycles. The number of benzene rings is 2. The summed E-state index contributed by atoms with van der Waals surface area (Å²) < 4.78 is 5.74. The number of piperazine rings is 1. The quantitative estimate of drug-likeness (QED) is 0.471. The first-order valence-corrected chi connectivity index (χ1v) is 11.5. The summed E-state index contributed by atoms with van der Waals surface area (Å²) in [6, 6.07) is 19.0. The fourth-order valence-electron chi connectivity index (χ4n) is 4.17. The summed E-state index contributed by atoms with van der Waals surface area (Å²) >= 11 is 0. The Labute approximate surface area is 206 Å². The summed E-state index contributed by atoms with van der Waals surface area (Å²) in [5.74, 6) is 0. The maximum absolute atomic E-state index is 10.6. The molecule has 1 aliphatic heterocycles. The van der Waals surface area contributed by atoms with Crippen LogP contribution in [-0.2, 0) is 11.2 Å². The van der Waals surface area contributed by atoms with Crippen LogP contribution in [0.5, 0.6) is 0 Å². The Balaban J connectivity index is 0.00000256. The predicted octanol–water partition coefficient (Wildman–Crippen LogP) is 5.30. The second-order valence-electron chi connectivity index (χ2n) is 8.43. The standard InChI is InChI=1S/C26H38N2O2.2ClH/c1-3-4-8-22-11-13-23(14-12-22)25(29)15-16-27-17-19-28(20-18-27)21-26(30-2)24-9-6-5-7-10-24;;/h5-7,9-14,25-26,29H,3-4,8,15-21H2,1-2H3;2*1H. The molecule has 2 unspecified atom stereocenters. The molecule has 1 fully saturated rings. The van der Waals surface area contributed by atoms with Crippen LogP contribution in [0, 0.1) is 0 Å². The molecule has 1 heterocycles. The lowest BCUT2D eigenvalue weighted by Gasteiger charge is -2.36. The summed E-state index contributed by atoms with van der Waals surface area (Å²) in [5.41, 5.74) is 3.65. The lowest BCUT2D eigenvalue weighted by molar-refractivity contribution is 0.0387. The van der Waals surface area contributed by atoms with Crippen LogP contribution < -0.4 is 0 Å². The number of unbranched alkanes of at least 4 members (excludes halogenated alkanes) is 1. The third kappa shape index (κ3) is 9.01. The van der Waals surface area contributed by atoms with Gasteiger partial charge in [-0.05, 0) is 36.0 Å². The second-order valence-corrected chi connectivity index (χ2v) is 8.43. The number of rotatable bonds is 11. The smallest absolute Gasteiger partial charge is 0.0947 e. The van der Waals surface area contributed by atoms with Gasteiger partial charge in [0.1, 0.15) is 0 Å². The molecule has 0 radical (unpaired) electrons. The Morgan fingerprint density at radius 3 is 2.09 bits per heavy atom. The van der Waals surface area contributed by atoms with Gasteiger partial charge in [0.25, 0.3) is 0 Å². The molecule has 1 saturated heterocycles. The van der Waals surface area contributed by atoms with E-state index in [9.17, 15) is 5.11 Å². The van der Waals surface area contributed by atoms with Crippen molar-refractivity contribution < 1.29 is 9.84 Å². The van der Waals surface area contributed by atoms with Crippen molar-refractivity contribution in [1.29, 1.82) is 0 Å². The maximum atomic E-state index is 10.6. The van der Waals surface area contributed by atoms with Crippen LogP contribution in [0.4, 0.5) is 0 Å². The molecule has 2 aromatic rings. The van der Waals surface area contributed by atoms with E-state index < -0.39 is 0 Å². The molecule has 180 valence electrons. The van der Waals surface area contributed by atoms with Gasteiger partial charge >= 0.3 is 0 Å². The van der Waals surface area contributed by atoms with Crippen LogP contribution in [0.1, 0.15) is 55.1 Å². The monoisotopic (exact) mass is 482 g/mol. The van der Waals surface area contributed by atoms with E-state index in [4.69, 9.17) is 4.74 Å². The number of methoxy groups -OCH3 is 1. The summed E-state index contributed by atoms with van der Waals surface area (Å²) in [5, 5.41) is 10.6. The van der Waals surface area contributed by atoms with Gasteiger partial charge in [0.05, 0.1) is 12.2 Å². The highest BCUT2D eigenvalue weighted by molar-refractivity contribution is 5.85. The second kappa shape index (κ2) is 15.7. The lowest BCUT2D eigenvalue weighted by atomic mass is 10.0. The van der Waals surface area contributed by atoms with Gasteiger partial charge in [0, 0.05) is 46.4 Å². The molecule has 4 nitrogen and oxygen atoms in total. The minimum atomic E-state index is -0.376. The van der Waals surface area contributed by atoms with Crippen molar-refractivity contribution in [2.75, 3.05) is 46.4 Å². The van der Waals surface area contributed by atoms with Gasteiger partial charge in [-0.3, -0.25) is 4.90 Å². The van der Waals surface area contributed by atoms with Gasteiger partial charge in [-0.15, -0.1) is 24.8 Å². The number of hydrogen-bond acceptors (Lipinski definition) is 4. The van der Waals surface area contributed by atoms with E-state index in [0.29, 0.717) is 0 Å². The Hall–Kier alpha value is -1.14. The van der Waals surface area contributed by atoms with Gasteiger partial charge in [-0.1, -0.05) is 67.9 Å². The first kappa shape index (κ1) is 28.9. The third-order valence-corrected chi connectivity index (χ3v) is 6.25. The Kier molecular flexibility index (Phi) is 14.1. The highest BCUT2D eigenvalue weighted by Crippen LogP contribution is 2.21. The Morgan fingerprint density at radius 1 is 0.875 bits per heavy atom. The van der Waals surface area contributed by atoms with E-state index in [-0.39, 0.29) is 37.0 Å². The molecule has 0 aliphatic carbocycles. The van der Waals surface area contributed by atoms with E-state index >= 15 is 0 Å². The summed E-state index contributed by atoms with van der Waals surface area (Å²) in [4.78, 5) is 4.96. The zero-order chi connectivity index (χ0) is 21.2. The molecular formula is C26H40Cl2N2O2. The van der Waals surface area contributed by atoms with Crippen molar-refractivity contribution in [2.24, 2.45) is 0 Å². The van der Waals surface area contributed by atoms with Crippen LogP contribution in [0.2, 0.25) is 0 Å². The van der Waals surface area contributed by atoms with Gasteiger partial charge in [0.2, 0.25) is 0 Å². The normalized spacial score (nSPS) is 16.6. The van der Waals surface area contributed by atoms with Crippen LogP contribution in [0.3, 0.4) is 0 Å². The van der Waals surface area contributed by atoms with E-state index in [2.05, 4.69) is 65.3 Å². The summed E-state index contributed by atoms with van der Waals surface area (Å²) in [7, 11) is 1.80. The van der Waals surface area contributed by atoms with Crippen molar-refractivity contribution in [3.8, 4) is 0 Å². The maximum Gasteiger partial charge on any atom is 0.0947 e. The fraction of sp³-hybridized carbons (Fsp3) is 0.538. The van der Waals surface area contributed by atoms with Gasteiger partial charge in [0.15, 0.2) is 0 Å². The Morgan fingerprint density at radius 2 is 1.50 bits per heavy atom. The number of halogens is 2. The summed E-state index contributed by atoms with van der Waals surface area (Å²) in [6.07, 6.45) is 4.11. The van der Waals surface area contributed by atoms with Crippen LogP contribution in [0.15, 0.2) is 54.6 Å². The van der Waals surface area contributed by atoms with Crippen molar-refractivity contribution in [3.05, 3.63) is 71.3 Å². The molecule has 2 atom stereocenters. The SMILES string of the molecule is CCCCc1ccc(C(O)CCN2CCN(CC(OC)c3ccccc3)CC2)cc1.Cl.Cl. The fourth-order valence-corrected chi connectivity index (χ4v) is 4.17. The molecule has 0 amide bonds. The average molecular weight is 484 g/mol. The number of nitrogens with zero attached hydrogens (tertiary/aromatic N) is 2. The number of aliphatic hydroxyl groups excluding tert-OH is 1. The van der Waals surface area contributed by atoms with Crippen molar-refractivity contribution >= 4 is 24.8 Å². The van der Waals surface area contributed by atoms with Gasteiger partial charge < -0.3 is 14.7 Å². The predicted molar refractivity (Wildman–Crippen MR) is 138 cm³/mol. The molecule has 3 rings (SSSR count). The van der Waals surface area contributed by atoms with E-state index in [1.54, 1.807) is 7.11 Å². The minimum Gasteiger partial charge on any atom is -0.388 e. The molecule has 32 heavy (non-hydrogen) atoms. The molecule has 0 aromatic heterocycles. The summed E-state index contributed by atoms with van der Waals surface area (Å²) in [6.45, 7) is 8.29. The van der Waals surface area contributed by atoms with Crippen molar-refractivity contribution in [2.45, 2.75) is 44.8 Å². The lowest BCUT2D eigenvalue weighted by Crippen LogP contribution is -2.47. The Bertz CT molecular complexity index is 722. The molecular weight excluding hydrogens is 443 g/mol. The topological polar surface area (TPSA) is 35.9 Å². The zero-order valence-corrected chi connectivity index (χ0v) is 21.1. The van der Waals surface area contributed by atoms with Crippen molar-refractivity contribution in [3.63, 3.8) is 0 Å². The number of aliphatic hydroxyl groups is 1. The molecule has 0 bridgehead atoms. The molecule has 0 saturated carbocycles. The van der Waals surface area contributed by atoms with E-state index in [1.807, 2.05) is 6.07 Å². The van der Waals surface area contributed by atoms with Crippen LogP contribution >= 0.6 is 24.8 Å². The average Bonchev–Trinajstić information content (AvgIpc) is 2.81. The minimum absolute atomic E-state index is 0. The molecule has 1 aliphatic rings. The largest absolute Gasteiger partial charge is 0.388 e. The molecule has 0 spiro atoms. The highest BCUT2D eigenvalue weighted by atomic mass is 35.5. The number of aryl methyl sites for hydroxylation is 1.